The number of sulfonamides is 1. The number of rotatable bonds is 6. The first-order chi connectivity index (χ1) is 8.77. The molecule has 0 aliphatic heterocycles. The molecule has 0 bridgehead atoms. The predicted octanol–water partition coefficient (Wildman–Crippen LogP) is 0.763. The number of hydrogen-bond acceptors (Lipinski definition) is 6. The number of nitrogens with one attached hydrogen (secondary N) is 1. The molecule has 19 heavy (non-hydrogen) atoms. The minimum absolute atomic E-state index is 0.0785. The summed E-state index contributed by atoms with van der Waals surface area (Å²) in [5.41, 5.74) is 0. The molecule has 0 saturated carbocycles. The van der Waals surface area contributed by atoms with Crippen molar-refractivity contribution in [1.29, 1.82) is 0 Å². The van der Waals surface area contributed by atoms with Gasteiger partial charge in [0.2, 0.25) is 10.0 Å². The second-order valence-corrected chi connectivity index (χ2v) is 7.35. The first kappa shape index (κ1) is 16.1. The second-order valence-electron chi connectivity index (χ2n) is 4.27. The molecule has 0 spiro atoms. The summed E-state index contributed by atoms with van der Waals surface area (Å²) in [6.45, 7) is 2.22. The second kappa shape index (κ2) is 6.47. The smallest absolute Gasteiger partial charge is 0.348 e. The quantitative estimate of drug-likeness (QED) is 0.785. The molecule has 1 N–H and O–H groups in total. The number of esters is 1. The van der Waals surface area contributed by atoms with Gasteiger partial charge in [0.15, 0.2) is 0 Å². The van der Waals surface area contributed by atoms with E-state index in [4.69, 9.17) is 0 Å². The third-order valence-electron chi connectivity index (χ3n) is 2.68. The number of ether oxygens (including phenoxy) is 1. The highest BCUT2D eigenvalue weighted by molar-refractivity contribution is 7.91. The summed E-state index contributed by atoms with van der Waals surface area (Å²) < 4.78 is 31.2. The largest absolute Gasteiger partial charge is 0.465 e. The van der Waals surface area contributed by atoms with E-state index in [2.05, 4.69) is 9.46 Å². The lowest BCUT2D eigenvalue weighted by molar-refractivity contribution is 0.0606. The zero-order valence-corrected chi connectivity index (χ0v) is 13.0. The van der Waals surface area contributed by atoms with E-state index in [0.717, 1.165) is 11.3 Å². The molecule has 0 aliphatic rings. The van der Waals surface area contributed by atoms with Crippen LogP contribution < -0.4 is 4.72 Å². The number of carbonyl (C=O) groups excluding carboxylic acids is 1. The van der Waals surface area contributed by atoms with Gasteiger partial charge in [-0.15, -0.1) is 11.3 Å². The Bertz CT molecular complexity index is 537. The number of likely N-dealkylation sites (N-methyl/N-ethyl adjacent to an activating group) is 1. The molecule has 1 rings (SSSR count). The Kier molecular flexibility index (Phi) is 5.48. The maximum atomic E-state index is 12.0. The van der Waals surface area contributed by atoms with Crippen LogP contribution in [-0.4, -0.2) is 53.1 Å². The molecular weight excluding hydrogens is 288 g/mol. The van der Waals surface area contributed by atoms with E-state index in [9.17, 15) is 13.2 Å². The van der Waals surface area contributed by atoms with Crippen molar-refractivity contribution in [2.75, 3.05) is 27.7 Å². The van der Waals surface area contributed by atoms with Crippen LogP contribution in [0.5, 0.6) is 0 Å². The lowest BCUT2D eigenvalue weighted by Gasteiger charge is -2.19. The van der Waals surface area contributed by atoms with Gasteiger partial charge in [0.05, 0.1) is 7.11 Å². The van der Waals surface area contributed by atoms with Crippen LogP contribution in [0.2, 0.25) is 0 Å². The first-order valence-corrected chi connectivity index (χ1v) is 7.92. The van der Waals surface area contributed by atoms with Crippen molar-refractivity contribution in [3.63, 3.8) is 0 Å². The third kappa shape index (κ3) is 4.27. The van der Waals surface area contributed by atoms with E-state index in [1.54, 1.807) is 0 Å². The van der Waals surface area contributed by atoms with Crippen molar-refractivity contribution in [2.45, 2.75) is 17.2 Å². The molecule has 0 amide bonds. The molecule has 6 nitrogen and oxygen atoms in total. The number of thiophene rings is 1. The van der Waals surface area contributed by atoms with Crippen molar-refractivity contribution >= 4 is 27.3 Å². The van der Waals surface area contributed by atoms with E-state index < -0.39 is 16.0 Å². The summed E-state index contributed by atoms with van der Waals surface area (Å²) in [4.78, 5) is 13.5. The van der Waals surface area contributed by atoms with Gasteiger partial charge in [-0.3, -0.25) is 0 Å². The monoisotopic (exact) mass is 306 g/mol. The fourth-order valence-electron chi connectivity index (χ4n) is 1.16. The number of carbonyl (C=O) groups is 1. The fraction of sp³-hybridized carbons (Fsp3) is 0.545. The van der Waals surface area contributed by atoms with E-state index in [1.807, 2.05) is 25.9 Å². The van der Waals surface area contributed by atoms with Crippen LogP contribution in [0.4, 0.5) is 0 Å². The average Bonchev–Trinajstić information content (AvgIpc) is 2.85. The number of nitrogens with zero attached hydrogens (tertiary/aromatic N) is 1. The van der Waals surface area contributed by atoms with Crippen LogP contribution in [-0.2, 0) is 14.8 Å². The lowest BCUT2D eigenvalue weighted by Crippen LogP contribution is -2.37. The van der Waals surface area contributed by atoms with E-state index in [0.29, 0.717) is 6.54 Å². The first-order valence-electron chi connectivity index (χ1n) is 5.62. The van der Waals surface area contributed by atoms with E-state index >= 15 is 0 Å². The Morgan fingerprint density at radius 2 is 2.11 bits per heavy atom. The van der Waals surface area contributed by atoms with Gasteiger partial charge < -0.3 is 9.64 Å². The van der Waals surface area contributed by atoms with Crippen LogP contribution in [0.25, 0.3) is 0 Å². The predicted molar refractivity (Wildman–Crippen MR) is 74.0 cm³/mol. The highest BCUT2D eigenvalue weighted by Crippen LogP contribution is 2.22. The SMILES string of the molecule is COC(=O)c1ccc(S(=O)(=O)NC[C@H](C)N(C)C)s1. The molecule has 108 valence electrons. The fourth-order valence-corrected chi connectivity index (χ4v) is 3.55. The van der Waals surface area contributed by atoms with Gasteiger partial charge in [-0.05, 0) is 33.2 Å². The van der Waals surface area contributed by atoms with Gasteiger partial charge >= 0.3 is 5.97 Å². The summed E-state index contributed by atoms with van der Waals surface area (Å²) in [7, 11) is 1.43. The Hall–Kier alpha value is -0.960. The van der Waals surface area contributed by atoms with Gasteiger partial charge in [0, 0.05) is 12.6 Å². The highest BCUT2D eigenvalue weighted by atomic mass is 32.2. The minimum atomic E-state index is -3.58. The summed E-state index contributed by atoms with van der Waals surface area (Å²) in [6, 6.07) is 2.93. The molecule has 8 heteroatoms. The molecule has 1 atom stereocenters. The summed E-state index contributed by atoms with van der Waals surface area (Å²) in [6.07, 6.45) is 0. The molecule has 0 aliphatic carbocycles. The lowest BCUT2D eigenvalue weighted by atomic mass is 10.3. The van der Waals surface area contributed by atoms with Crippen LogP contribution in [0, 0.1) is 0 Å². The summed E-state index contributed by atoms with van der Waals surface area (Å²) >= 11 is 0.894. The molecule has 0 unspecified atom stereocenters. The summed E-state index contributed by atoms with van der Waals surface area (Å²) in [5, 5.41) is 0. The molecule has 1 aromatic heterocycles. The van der Waals surface area contributed by atoms with Crippen molar-refractivity contribution in [2.24, 2.45) is 0 Å². The van der Waals surface area contributed by atoms with Crippen molar-refractivity contribution < 1.29 is 17.9 Å². The molecular formula is C11H18N2O4S2. The van der Waals surface area contributed by atoms with E-state index in [1.165, 1.54) is 19.2 Å². The van der Waals surface area contributed by atoms with Crippen molar-refractivity contribution in [3.05, 3.63) is 17.0 Å². The Morgan fingerprint density at radius 3 is 2.63 bits per heavy atom. The van der Waals surface area contributed by atoms with E-state index in [-0.39, 0.29) is 15.1 Å². The van der Waals surface area contributed by atoms with Gasteiger partial charge in [-0.1, -0.05) is 0 Å². The number of hydrogen-bond donors (Lipinski definition) is 1. The van der Waals surface area contributed by atoms with Crippen LogP contribution in [0.1, 0.15) is 16.6 Å². The molecule has 0 radical (unpaired) electrons. The Morgan fingerprint density at radius 1 is 1.47 bits per heavy atom. The molecule has 1 heterocycles. The Labute approximate surface area is 117 Å². The normalized spacial score (nSPS) is 13.5. The van der Waals surface area contributed by atoms with Crippen molar-refractivity contribution in [1.82, 2.24) is 9.62 Å². The van der Waals surface area contributed by atoms with Gasteiger partial charge in [0.25, 0.3) is 0 Å². The Balaban J connectivity index is 2.78. The van der Waals surface area contributed by atoms with Gasteiger partial charge in [-0.25, -0.2) is 17.9 Å². The van der Waals surface area contributed by atoms with Gasteiger partial charge in [0.1, 0.15) is 9.09 Å². The minimum Gasteiger partial charge on any atom is -0.465 e. The van der Waals surface area contributed by atoms with Crippen LogP contribution >= 0.6 is 11.3 Å². The van der Waals surface area contributed by atoms with Crippen molar-refractivity contribution in [3.8, 4) is 0 Å². The standard InChI is InChI=1S/C11H18N2O4S2/c1-8(13(2)3)7-12-19(15,16)10-6-5-9(18-10)11(14)17-4/h5-6,8,12H,7H2,1-4H3/t8-/m0/s1. The molecule has 0 fully saturated rings. The topological polar surface area (TPSA) is 75.7 Å². The zero-order chi connectivity index (χ0) is 14.6. The maximum Gasteiger partial charge on any atom is 0.348 e. The van der Waals surface area contributed by atoms with Gasteiger partial charge in [-0.2, -0.15) is 0 Å². The highest BCUT2D eigenvalue weighted by Gasteiger charge is 2.20. The average molecular weight is 306 g/mol. The molecule has 1 aromatic rings. The maximum absolute atomic E-state index is 12.0. The molecule has 0 aromatic carbocycles. The number of methoxy groups -OCH3 is 1. The zero-order valence-electron chi connectivity index (χ0n) is 11.3. The molecule has 0 saturated heterocycles. The van der Waals surface area contributed by atoms with Crippen LogP contribution in [0.15, 0.2) is 16.3 Å². The van der Waals surface area contributed by atoms with Crippen LogP contribution in [0.3, 0.4) is 0 Å². The summed E-state index contributed by atoms with van der Waals surface area (Å²) in [5.74, 6) is -0.534. The third-order valence-corrected chi connectivity index (χ3v) is 5.66.